The molecule has 0 saturated carbocycles. The van der Waals surface area contributed by atoms with Crippen LogP contribution in [0.25, 0.3) is 0 Å². The van der Waals surface area contributed by atoms with Crippen molar-refractivity contribution in [2.75, 3.05) is 19.5 Å². The summed E-state index contributed by atoms with van der Waals surface area (Å²) >= 11 is 5.72. The summed E-state index contributed by atoms with van der Waals surface area (Å²) in [6, 6.07) is 4.01. The number of nitrogens with one attached hydrogen (secondary N) is 1. The summed E-state index contributed by atoms with van der Waals surface area (Å²) in [5, 5.41) is 2.31. The Hall–Kier alpha value is -2.08. The Morgan fingerprint density at radius 2 is 2.00 bits per heavy atom. The molecule has 1 aromatic rings. The van der Waals surface area contributed by atoms with E-state index in [-0.39, 0.29) is 16.4 Å². The molecule has 0 saturated heterocycles. The smallest absolute Gasteiger partial charge is 0.354 e. The highest BCUT2D eigenvalue weighted by molar-refractivity contribution is 6.33. The van der Waals surface area contributed by atoms with Crippen molar-refractivity contribution in [3.63, 3.8) is 0 Å². The van der Waals surface area contributed by atoms with Crippen LogP contribution in [0.5, 0.6) is 0 Å². The number of hydrogen-bond acceptors (Lipinski definition) is 5. The molecule has 0 bridgehead atoms. The van der Waals surface area contributed by atoms with Gasteiger partial charge in [0.1, 0.15) is 11.5 Å². The minimum absolute atomic E-state index is 0.127. The predicted molar refractivity (Wildman–Crippen MR) is 67.1 cm³/mol. The lowest BCUT2D eigenvalue weighted by atomic mass is 10.3. The third-order valence-electron chi connectivity index (χ3n) is 2.09. The Bertz CT molecular complexity index is 530. The maximum Gasteiger partial charge on any atom is 0.354 e. The van der Waals surface area contributed by atoms with Gasteiger partial charge < -0.3 is 14.8 Å². The summed E-state index contributed by atoms with van der Waals surface area (Å²) < 4.78 is 22.1. The van der Waals surface area contributed by atoms with E-state index < -0.39 is 17.8 Å². The highest BCUT2D eigenvalue weighted by Crippen LogP contribution is 2.25. The van der Waals surface area contributed by atoms with E-state index in [4.69, 9.17) is 11.6 Å². The summed E-state index contributed by atoms with van der Waals surface area (Å²) in [7, 11) is 2.30. The van der Waals surface area contributed by atoms with Gasteiger partial charge >= 0.3 is 11.9 Å². The van der Waals surface area contributed by atoms with E-state index in [1.54, 1.807) is 0 Å². The van der Waals surface area contributed by atoms with E-state index >= 15 is 0 Å². The van der Waals surface area contributed by atoms with Gasteiger partial charge in [0.2, 0.25) is 0 Å². The van der Waals surface area contributed by atoms with Gasteiger partial charge in [0, 0.05) is 0 Å². The van der Waals surface area contributed by atoms with Gasteiger partial charge in [0.15, 0.2) is 0 Å². The van der Waals surface area contributed by atoms with Gasteiger partial charge in [-0.2, -0.15) is 0 Å². The van der Waals surface area contributed by atoms with E-state index in [1.165, 1.54) is 12.1 Å². The molecule has 0 spiro atoms. The number of carbonyl (C=O) groups excluding carboxylic acids is 2. The fraction of sp³-hybridized carbons (Fsp3) is 0.167. The molecule has 1 N–H and O–H groups in total. The number of ether oxygens (including phenoxy) is 2. The monoisotopic (exact) mass is 287 g/mol. The van der Waals surface area contributed by atoms with Crippen LogP contribution in [-0.2, 0) is 19.1 Å². The lowest BCUT2D eigenvalue weighted by molar-refractivity contribution is -0.138. The van der Waals surface area contributed by atoms with Crippen LogP contribution in [0.2, 0.25) is 5.02 Å². The van der Waals surface area contributed by atoms with Crippen LogP contribution in [0.1, 0.15) is 0 Å². The number of benzene rings is 1. The molecule has 0 fully saturated rings. The minimum Gasteiger partial charge on any atom is -0.466 e. The van der Waals surface area contributed by atoms with Crippen LogP contribution in [-0.4, -0.2) is 26.2 Å². The van der Waals surface area contributed by atoms with Crippen LogP contribution in [0.15, 0.2) is 30.0 Å². The second-order valence-corrected chi connectivity index (χ2v) is 3.68. The highest BCUT2D eigenvalue weighted by Gasteiger charge is 2.15. The first kappa shape index (κ1) is 15.0. The molecule has 0 atom stereocenters. The van der Waals surface area contributed by atoms with Gasteiger partial charge in [-0.1, -0.05) is 17.7 Å². The molecule has 0 amide bonds. The van der Waals surface area contributed by atoms with E-state index in [2.05, 4.69) is 14.8 Å². The zero-order chi connectivity index (χ0) is 14.4. The maximum atomic E-state index is 13.2. The molecule has 7 heteroatoms. The Morgan fingerprint density at radius 1 is 1.32 bits per heavy atom. The van der Waals surface area contributed by atoms with Crippen molar-refractivity contribution in [3.05, 3.63) is 40.8 Å². The zero-order valence-electron chi connectivity index (χ0n) is 10.2. The SMILES string of the molecule is COC(=O)/C=C(/Nc1cccc(F)c1Cl)C(=O)OC. The van der Waals surface area contributed by atoms with Crippen molar-refractivity contribution in [1.29, 1.82) is 0 Å². The van der Waals surface area contributed by atoms with Crippen molar-refractivity contribution >= 4 is 29.2 Å². The molecule has 1 rings (SSSR count). The quantitative estimate of drug-likeness (QED) is 0.679. The summed E-state index contributed by atoms with van der Waals surface area (Å²) in [5.74, 6) is -2.24. The number of esters is 2. The van der Waals surface area contributed by atoms with Crippen LogP contribution in [0.4, 0.5) is 10.1 Å². The van der Waals surface area contributed by atoms with Gasteiger partial charge in [-0.15, -0.1) is 0 Å². The fourth-order valence-corrected chi connectivity index (χ4v) is 1.35. The Balaban J connectivity index is 3.08. The van der Waals surface area contributed by atoms with Gasteiger partial charge in [-0.25, -0.2) is 14.0 Å². The van der Waals surface area contributed by atoms with Gasteiger partial charge in [-0.05, 0) is 12.1 Å². The zero-order valence-corrected chi connectivity index (χ0v) is 11.0. The van der Waals surface area contributed by atoms with Crippen LogP contribution in [0.3, 0.4) is 0 Å². The van der Waals surface area contributed by atoms with Crippen molar-refractivity contribution in [3.8, 4) is 0 Å². The number of anilines is 1. The van der Waals surface area contributed by atoms with Crippen molar-refractivity contribution < 1.29 is 23.5 Å². The number of carbonyl (C=O) groups is 2. The lowest BCUT2D eigenvalue weighted by Gasteiger charge is -2.10. The number of hydrogen-bond donors (Lipinski definition) is 1. The molecular weight excluding hydrogens is 277 g/mol. The maximum absolute atomic E-state index is 13.2. The molecule has 0 aliphatic heterocycles. The second-order valence-electron chi connectivity index (χ2n) is 3.30. The van der Waals surface area contributed by atoms with Crippen molar-refractivity contribution in [2.24, 2.45) is 0 Å². The topological polar surface area (TPSA) is 64.6 Å². The van der Waals surface area contributed by atoms with Crippen LogP contribution < -0.4 is 5.32 Å². The Labute approximate surface area is 114 Å². The predicted octanol–water partition coefficient (Wildman–Crippen LogP) is 2.12. The first-order valence-corrected chi connectivity index (χ1v) is 5.46. The molecule has 0 aliphatic rings. The molecular formula is C12H11ClFNO4. The summed E-state index contributed by atoms with van der Waals surface area (Å²) in [6.07, 6.45) is 0.882. The molecule has 0 heterocycles. The molecule has 0 aromatic heterocycles. The largest absolute Gasteiger partial charge is 0.466 e. The number of rotatable bonds is 4. The Morgan fingerprint density at radius 3 is 2.58 bits per heavy atom. The van der Waals surface area contributed by atoms with E-state index in [0.717, 1.165) is 26.4 Å². The van der Waals surface area contributed by atoms with Crippen molar-refractivity contribution in [1.82, 2.24) is 0 Å². The second kappa shape index (κ2) is 6.75. The molecule has 5 nitrogen and oxygen atoms in total. The van der Waals surface area contributed by atoms with Gasteiger partial charge in [0.25, 0.3) is 0 Å². The Kier molecular flexibility index (Phi) is 5.32. The van der Waals surface area contributed by atoms with Crippen LogP contribution in [0, 0.1) is 5.82 Å². The first-order valence-electron chi connectivity index (χ1n) is 5.08. The lowest BCUT2D eigenvalue weighted by Crippen LogP contribution is -2.15. The standard InChI is InChI=1S/C12H11ClFNO4/c1-18-10(16)6-9(12(17)19-2)15-8-5-3-4-7(14)11(8)13/h3-6,15H,1-2H3/b9-6+. The first-order chi connectivity index (χ1) is 8.99. The third kappa shape index (κ3) is 3.96. The molecule has 0 unspecified atom stereocenters. The van der Waals surface area contributed by atoms with Crippen LogP contribution >= 0.6 is 11.6 Å². The summed E-state index contributed by atoms with van der Waals surface area (Å²) in [5.41, 5.74) is -0.0935. The normalized spacial score (nSPS) is 10.8. The molecule has 102 valence electrons. The van der Waals surface area contributed by atoms with E-state index in [0.29, 0.717) is 0 Å². The number of methoxy groups -OCH3 is 2. The van der Waals surface area contributed by atoms with Gasteiger partial charge in [0.05, 0.1) is 31.0 Å². The number of halogens is 2. The van der Waals surface area contributed by atoms with E-state index in [1.807, 2.05) is 0 Å². The van der Waals surface area contributed by atoms with Crippen molar-refractivity contribution in [2.45, 2.75) is 0 Å². The fourth-order valence-electron chi connectivity index (χ4n) is 1.18. The minimum atomic E-state index is -0.814. The molecule has 0 aliphatic carbocycles. The molecule has 19 heavy (non-hydrogen) atoms. The molecule has 0 radical (unpaired) electrons. The summed E-state index contributed by atoms with van der Waals surface area (Å²) in [4.78, 5) is 22.6. The van der Waals surface area contributed by atoms with Gasteiger partial charge in [-0.3, -0.25) is 0 Å². The molecule has 1 aromatic carbocycles. The highest BCUT2D eigenvalue weighted by atomic mass is 35.5. The average molecular weight is 288 g/mol. The third-order valence-corrected chi connectivity index (χ3v) is 2.47. The van der Waals surface area contributed by atoms with E-state index in [9.17, 15) is 14.0 Å². The average Bonchev–Trinajstić information content (AvgIpc) is 2.41. The summed E-state index contributed by atoms with van der Waals surface area (Å²) in [6.45, 7) is 0.